The molecule has 0 aliphatic carbocycles. The summed E-state index contributed by atoms with van der Waals surface area (Å²) in [6.45, 7) is 0. The molecule has 0 amide bonds. The Morgan fingerprint density at radius 2 is 1.38 bits per heavy atom. The molecule has 24 heavy (non-hydrogen) atoms. The van der Waals surface area contributed by atoms with E-state index in [4.69, 9.17) is 5.73 Å². The van der Waals surface area contributed by atoms with Gasteiger partial charge in [0.2, 0.25) is 5.96 Å². The van der Waals surface area contributed by atoms with Crippen LogP contribution in [0.3, 0.4) is 0 Å². The summed E-state index contributed by atoms with van der Waals surface area (Å²) in [6, 6.07) is 6.43. The first kappa shape index (κ1) is 17.1. The second-order valence-corrected chi connectivity index (χ2v) is 4.45. The van der Waals surface area contributed by atoms with Crippen LogP contribution in [-0.4, -0.2) is 18.4 Å². The van der Waals surface area contributed by atoms with Crippen LogP contribution in [0.4, 0.5) is 17.6 Å². The molecule has 0 spiro atoms. The number of rotatable bonds is 4. The summed E-state index contributed by atoms with van der Waals surface area (Å²) >= 11 is 0. The SMILES string of the molecule is NC(=NN=Cc1ccc(F)c(F)c1)NN=Cc1ccc(F)c(F)c1. The van der Waals surface area contributed by atoms with E-state index < -0.39 is 23.3 Å². The molecular formula is C15H11F4N5. The molecule has 0 aromatic heterocycles. The molecule has 0 aliphatic heterocycles. The molecule has 0 saturated heterocycles. The van der Waals surface area contributed by atoms with Crippen LogP contribution in [0.25, 0.3) is 0 Å². The normalized spacial score (nSPS) is 12.2. The molecule has 0 unspecified atom stereocenters. The predicted molar refractivity (Wildman–Crippen MR) is 82.7 cm³/mol. The van der Waals surface area contributed by atoms with Gasteiger partial charge in [0.15, 0.2) is 23.3 Å². The summed E-state index contributed by atoms with van der Waals surface area (Å²) in [6.07, 6.45) is 2.36. The van der Waals surface area contributed by atoms with Crippen LogP contribution < -0.4 is 11.2 Å². The highest BCUT2D eigenvalue weighted by Gasteiger charge is 2.01. The first-order valence-corrected chi connectivity index (χ1v) is 6.51. The van der Waals surface area contributed by atoms with E-state index in [0.29, 0.717) is 5.56 Å². The van der Waals surface area contributed by atoms with Gasteiger partial charge in [-0.25, -0.2) is 23.0 Å². The minimum Gasteiger partial charge on any atom is -0.367 e. The zero-order chi connectivity index (χ0) is 17.5. The third-order valence-corrected chi connectivity index (χ3v) is 2.65. The molecule has 2 rings (SSSR count). The average molecular weight is 337 g/mol. The Kier molecular flexibility index (Phi) is 5.61. The molecule has 0 radical (unpaired) electrons. The number of hydrogen-bond acceptors (Lipinski definition) is 3. The van der Waals surface area contributed by atoms with Crippen molar-refractivity contribution in [1.82, 2.24) is 5.43 Å². The van der Waals surface area contributed by atoms with Gasteiger partial charge in [-0.2, -0.15) is 10.2 Å². The summed E-state index contributed by atoms with van der Waals surface area (Å²) in [4.78, 5) is 0. The fraction of sp³-hybridized carbons (Fsp3) is 0. The number of halogens is 4. The van der Waals surface area contributed by atoms with Crippen molar-refractivity contribution in [2.45, 2.75) is 0 Å². The number of nitrogens with zero attached hydrogens (tertiary/aromatic N) is 3. The molecule has 9 heteroatoms. The van der Waals surface area contributed by atoms with Crippen molar-refractivity contribution in [2.75, 3.05) is 0 Å². The number of nitrogens with two attached hydrogens (primary N) is 1. The first-order valence-electron chi connectivity index (χ1n) is 6.51. The molecule has 0 aliphatic rings. The van der Waals surface area contributed by atoms with Gasteiger partial charge in [0.1, 0.15) is 0 Å². The van der Waals surface area contributed by atoms with Gasteiger partial charge in [-0.15, -0.1) is 5.10 Å². The Morgan fingerprint density at radius 1 is 0.833 bits per heavy atom. The van der Waals surface area contributed by atoms with Crippen LogP contribution in [0.2, 0.25) is 0 Å². The third kappa shape index (κ3) is 4.90. The van der Waals surface area contributed by atoms with Crippen LogP contribution in [0.15, 0.2) is 51.7 Å². The van der Waals surface area contributed by atoms with E-state index in [-0.39, 0.29) is 11.5 Å². The fourth-order valence-corrected chi connectivity index (χ4v) is 1.54. The molecular weight excluding hydrogens is 326 g/mol. The van der Waals surface area contributed by atoms with E-state index in [1.165, 1.54) is 18.3 Å². The molecule has 0 saturated carbocycles. The maximum absolute atomic E-state index is 13.0. The van der Waals surface area contributed by atoms with E-state index in [1.807, 2.05) is 0 Å². The van der Waals surface area contributed by atoms with E-state index in [1.54, 1.807) is 0 Å². The fourth-order valence-electron chi connectivity index (χ4n) is 1.54. The molecule has 124 valence electrons. The zero-order valence-corrected chi connectivity index (χ0v) is 12.0. The molecule has 3 N–H and O–H groups in total. The molecule has 0 bridgehead atoms. The lowest BCUT2D eigenvalue weighted by Crippen LogP contribution is -2.26. The van der Waals surface area contributed by atoms with E-state index in [0.717, 1.165) is 30.5 Å². The topological polar surface area (TPSA) is 75.1 Å². The van der Waals surface area contributed by atoms with Crippen molar-refractivity contribution in [3.05, 3.63) is 70.8 Å². The predicted octanol–water partition coefficient (Wildman–Crippen LogP) is 2.52. The summed E-state index contributed by atoms with van der Waals surface area (Å²) in [5, 5.41) is 10.7. The van der Waals surface area contributed by atoms with Crippen LogP contribution >= 0.6 is 0 Å². The summed E-state index contributed by atoms with van der Waals surface area (Å²) in [7, 11) is 0. The van der Waals surface area contributed by atoms with Crippen LogP contribution in [0.1, 0.15) is 11.1 Å². The van der Waals surface area contributed by atoms with Gasteiger partial charge in [-0.05, 0) is 35.4 Å². The zero-order valence-electron chi connectivity index (χ0n) is 12.0. The Morgan fingerprint density at radius 3 is 1.92 bits per heavy atom. The summed E-state index contributed by atoms with van der Waals surface area (Å²) in [5.41, 5.74) is 8.35. The number of nitrogens with one attached hydrogen (secondary N) is 1. The van der Waals surface area contributed by atoms with Gasteiger partial charge >= 0.3 is 0 Å². The minimum absolute atomic E-state index is 0.201. The van der Waals surface area contributed by atoms with Gasteiger partial charge in [0, 0.05) is 0 Å². The van der Waals surface area contributed by atoms with Gasteiger partial charge in [-0.3, -0.25) is 0 Å². The molecule has 0 heterocycles. The third-order valence-electron chi connectivity index (χ3n) is 2.65. The van der Waals surface area contributed by atoms with Crippen LogP contribution in [0, 0.1) is 23.3 Å². The molecule has 0 fully saturated rings. The van der Waals surface area contributed by atoms with Gasteiger partial charge in [0.05, 0.1) is 12.4 Å². The summed E-state index contributed by atoms with van der Waals surface area (Å²) in [5.74, 6) is -4.15. The number of hydrogen-bond donors (Lipinski definition) is 2. The van der Waals surface area contributed by atoms with Crippen LogP contribution in [-0.2, 0) is 0 Å². The minimum atomic E-state index is -1.01. The van der Waals surface area contributed by atoms with Crippen molar-refractivity contribution in [2.24, 2.45) is 21.0 Å². The monoisotopic (exact) mass is 337 g/mol. The van der Waals surface area contributed by atoms with Gasteiger partial charge < -0.3 is 5.73 Å². The van der Waals surface area contributed by atoms with Crippen molar-refractivity contribution in [3.63, 3.8) is 0 Å². The van der Waals surface area contributed by atoms with Gasteiger partial charge in [0.25, 0.3) is 0 Å². The highest BCUT2D eigenvalue weighted by Crippen LogP contribution is 2.07. The highest BCUT2D eigenvalue weighted by molar-refractivity contribution is 5.84. The molecule has 2 aromatic carbocycles. The second kappa shape index (κ2) is 7.86. The van der Waals surface area contributed by atoms with E-state index >= 15 is 0 Å². The largest absolute Gasteiger partial charge is 0.367 e. The number of benzene rings is 2. The van der Waals surface area contributed by atoms with Crippen molar-refractivity contribution in [1.29, 1.82) is 0 Å². The standard InChI is InChI=1S/C15H11F4N5/c16-11-3-1-9(5-13(11)18)7-21-23-15(20)24-22-8-10-2-4-12(17)14(19)6-10/h1-8H,(H3,20,23,24). The molecule has 2 aromatic rings. The Bertz CT molecular complexity index is 818. The quantitative estimate of drug-likeness (QED) is 0.389. The lowest BCUT2D eigenvalue weighted by molar-refractivity contribution is 0.508. The summed E-state index contributed by atoms with van der Waals surface area (Å²) < 4.78 is 51.4. The number of hydrazone groups is 1. The maximum atomic E-state index is 13.0. The van der Waals surface area contributed by atoms with E-state index in [2.05, 4.69) is 20.7 Å². The molecule has 5 nitrogen and oxygen atoms in total. The molecule has 0 atom stereocenters. The van der Waals surface area contributed by atoms with Crippen molar-refractivity contribution < 1.29 is 17.6 Å². The Hall–Kier alpha value is -3.23. The van der Waals surface area contributed by atoms with Crippen molar-refractivity contribution >= 4 is 18.4 Å². The van der Waals surface area contributed by atoms with Crippen molar-refractivity contribution in [3.8, 4) is 0 Å². The first-order chi connectivity index (χ1) is 11.5. The lowest BCUT2D eigenvalue weighted by atomic mass is 10.2. The second-order valence-electron chi connectivity index (χ2n) is 4.45. The average Bonchev–Trinajstić information content (AvgIpc) is 2.54. The van der Waals surface area contributed by atoms with Gasteiger partial charge in [-0.1, -0.05) is 12.1 Å². The number of guanidine groups is 1. The van der Waals surface area contributed by atoms with Crippen LogP contribution in [0.5, 0.6) is 0 Å². The van der Waals surface area contributed by atoms with E-state index in [9.17, 15) is 17.6 Å². The lowest BCUT2D eigenvalue weighted by Gasteiger charge is -1.97. The maximum Gasteiger partial charge on any atom is 0.234 e. The Labute approximate surface area is 134 Å². The smallest absolute Gasteiger partial charge is 0.234 e. The Balaban J connectivity index is 1.93. The highest BCUT2D eigenvalue weighted by atomic mass is 19.2.